The van der Waals surface area contributed by atoms with Crippen molar-refractivity contribution in [2.45, 2.75) is 54.4 Å². The summed E-state index contributed by atoms with van der Waals surface area (Å²) in [5.74, 6) is -24.2. The van der Waals surface area contributed by atoms with Gasteiger partial charge in [0.05, 0.1) is 70.8 Å². The number of carboxylic acids is 12. The van der Waals surface area contributed by atoms with Crippen LogP contribution in [-0.4, -0.2) is 152 Å². The second-order valence-electron chi connectivity index (χ2n) is 12.0. The topological polar surface area (TPSA) is 642 Å². The van der Waals surface area contributed by atoms with Gasteiger partial charge in [-0.1, -0.05) is 18.2 Å². The summed E-state index contributed by atoms with van der Waals surface area (Å²) in [6.45, 7) is 0. The smallest absolute Gasteiger partial charge is 0.550 e. The molecule has 0 bridgehead atoms. The van der Waals surface area contributed by atoms with Gasteiger partial charge in [-0.2, -0.15) is 0 Å². The summed E-state index contributed by atoms with van der Waals surface area (Å²) >= 11 is 0. The molecule has 3 aromatic heterocycles. The summed E-state index contributed by atoms with van der Waals surface area (Å²) in [7, 11) is 0. The maximum atomic E-state index is 10.2. The van der Waals surface area contributed by atoms with Gasteiger partial charge in [0.25, 0.3) is 0 Å². The van der Waals surface area contributed by atoms with E-state index in [0.717, 1.165) is 0 Å². The Labute approximate surface area is 448 Å². The van der Waals surface area contributed by atoms with Crippen molar-refractivity contribution < 1.29 is 219 Å². The predicted octanol–water partition coefficient (Wildman–Crippen LogP) is -20.5. The second-order valence-corrected chi connectivity index (χ2v) is 12.0. The fourth-order valence-electron chi connectivity index (χ4n) is 3.54. The summed E-state index contributed by atoms with van der Waals surface area (Å²) in [6, 6.07) is 13.9. The van der Waals surface area contributed by atoms with E-state index in [0.29, 0.717) is 0 Å². The third kappa shape index (κ3) is 30.5. The summed E-state index contributed by atoms with van der Waals surface area (Å²) in [6.07, 6.45) is -9.37. The Morgan fingerprint density at radius 3 is 0.630 bits per heavy atom. The van der Waals surface area contributed by atoms with E-state index < -0.39 is 126 Å². The number of aliphatic carboxylic acids is 9. The van der Waals surface area contributed by atoms with Crippen molar-refractivity contribution in [2.24, 2.45) is 0 Å². The van der Waals surface area contributed by atoms with Gasteiger partial charge in [-0.15, -0.1) is 0 Å². The number of carbonyl (C=O) groups is 12. The van der Waals surface area contributed by atoms with Gasteiger partial charge in [0, 0.05) is 55.8 Å². The molecule has 6 N–H and O–H groups in total. The molecular weight excluding hydrogens is 1160 g/mol. The maximum Gasteiger partial charge on any atom is 3.00 e. The van der Waals surface area contributed by atoms with Crippen LogP contribution in [0.5, 0.6) is 0 Å². The van der Waals surface area contributed by atoms with Crippen molar-refractivity contribution in [3.63, 3.8) is 0 Å². The van der Waals surface area contributed by atoms with Gasteiger partial charge in [-0.25, -0.2) is 0 Å². The van der Waals surface area contributed by atoms with E-state index in [4.69, 9.17) is 30.6 Å². The van der Waals surface area contributed by atoms with E-state index in [1.54, 1.807) is 36.4 Å². The quantitative estimate of drug-likeness (QED) is 0.0689. The van der Waals surface area contributed by atoms with Crippen molar-refractivity contribution in [2.75, 3.05) is 0 Å². The standard InChI is InChI=1S/3C6H5NO2.3C6H8O8.4Cr/c3*8-6(9)5-3-1-2-4-7-5;3*7-2(8)1-6(14,5(12)13)3(9)4(10)11;;;;/h3*1-4H,(H,8,9);3*3,9,14H,1H2,(H,7,8)(H,10,11)(H,12,13);;;;/q;;;;;;4*+3/p-12. The van der Waals surface area contributed by atoms with Crippen molar-refractivity contribution in [3.05, 3.63) is 90.3 Å². The molecular formula is C36H27Cr4N3O30. The van der Waals surface area contributed by atoms with Gasteiger partial charge >= 0.3 is 69.4 Å². The van der Waals surface area contributed by atoms with E-state index >= 15 is 0 Å². The Morgan fingerprint density at radius 1 is 0.370 bits per heavy atom. The van der Waals surface area contributed by atoms with Crippen LogP contribution in [0.3, 0.4) is 0 Å². The maximum absolute atomic E-state index is 10.2. The molecule has 0 fully saturated rings. The number of hydrogen-bond donors (Lipinski definition) is 6. The second kappa shape index (κ2) is 38.6. The van der Waals surface area contributed by atoms with E-state index in [2.05, 4.69) is 15.0 Å². The van der Waals surface area contributed by atoms with E-state index in [1.165, 1.54) is 36.8 Å². The first-order chi connectivity index (χ1) is 31.6. The predicted molar refractivity (Wildman–Crippen MR) is 177 cm³/mol. The van der Waals surface area contributed by atoms with Crippen LogP contribution in [0.4, 0.5) is 0 Å². The molecule has 390 valence electrons. The number of carboxylic acid groups (broad SMARTS) is 12. The molecule has 6 atom stereocenters. The minimum Gasteiger partial charge on any atom is -0.550 e. The molecule has 6 unspecified atom stereocenters. The van der Waals surface area contributed by atoms with Crippen LogP contribution in [0.25, 0.3) is 0 Å². The van der Waals surface area contributed by atoms with Gasteiger partial charge in [-0.3, -0.25) is 15.0 Å². The molecule has 3 aromatic rings. The first-order valence-corrected chi connectivity index (χ1v) is 17.0. The molecule has 0 amide bonds. The van der Waals surface area contributed by atoms with Crippen LogP contribution in [-0.2, 0) is 113 Å². The Balaban J connectivity index is -0.000000143. The van der Waals surface area contributed by atoms with E-state index in [-0.39, 0.29) is 86.5 Å². The number of aliphatic hydroxyl groups excluding tert-OH is 3. The monoisotopic (exact) mass is 1190 g/mol. The molecule has 33 nitrogen and oxygen atoms in total. The molecule has 0 spiro atoms. The van der Waals surface area contributed by atoms with E-state index in [1.807, 2.05) is 0 Å². The summed E-state index contributed by atoms with van der Waals surface area (Å²) < 4.78 is 0. The molecule has 0 aliphatic heterocycles. The molecule has 73 heavy (non-hydrogen) atoms. The number of nitrogens with zero attached hydrogens (tertiary/aromatic N) is 3. The number of rotatable bonds is 18. The zero-order valence-electron chi connectivity index (χ0n) is 35.2. The molecule has 3 rings (SSSR count). The van der Waals surface area contributed by atoms with Crippen molar-refractivity contribution in [1.82, 2.24) is 15.0 Å². The van der Waals surface area contributed by atoms with Crippen LogP contribution in [0.15, 0.2) is 73.2 Å². The molecule has 0 saturated heterocycles. The third-order valence-corrected chi connectivity index (χ3v) is 6.95. The number of aromatic carboxylic acids is 3. The van der Waals surface area contributed by atoms with Gasteiger partial charge < -0.3 is 149 Å². The molecule has 0 aliphatic carbocycles. The molecule has 0 aliphatic rings. The van der Waals surface area contributed by atoms with Gasteiger partial charge in [0.1, 0.15) is 35.1 Å². The van der Waals surface area contributed by atoms with Crippen LogP contribution < -0.4 is 61.3 Å². The Bertz CT molecular complexity index is 2030. The van der Waals surface area contributed by atoms with Crippen LogP contribution in [0.1, 0.15) is 50.7 Å². The number of aliphatic hydroxyl groups is 6. The molecule has 0 saturated carbocycles. The summed E-state index contributed by atoms with van der Waals surface area (Å²) in [5.41, 5.74) is -10.5. The summed E-state index contributed by atoms with van der Waals surface area (Å²) in [4.78, 5) is 131. The normalized spacial score (nSPS) is 12.9. The van der Waals surface area contributed by atoms with Gasteiger partial charge in [0.2, 0.25) is 0 Å². The van der Waals surface area contributed by atoms with Gasteiger partial charge in [-0.05, 0) is 36.4 Å². The first-order valence-electron chi connectivity index (χ1n) is 17.0. The van der Waals surface area contributed by atoms with Crippen LogP contribution in [0.2, 0.25) is 0 Å². The number of pyridine rings is 3. The fourth-order valence-corrected chi connectivity index (χ4v) is 3.54. The summed E-state index contributed by atoms with van der Waals surface area (Å²) in [5, 5.41) is 173. The first kappa shape index (κ1) is 80.1. The van der Waals surface area contributed by atoms with Crippen molar-refractivity contribution in [1.29, 1.82) is 0 Å². The number of hydrogen-bond acceptors (Lipinski definition) is 33. The van der Waals surface area contributed by atoms with Gasteiger partial charge in [0.15, 0.2) is 0 Å². The molecule has 37 heteroatoms. The number of carbonyl (C=O) groups excluding carboxylic acids is 12. The SMILES string of the molecule is O=C([O-])CC(O)(C(=O)[O-])C(O)C(=O)[O-].O=C([O-])CC(O)(C(=O)[O-])C(O)C(=O)[O-].O=C([O-])CC(O)(C(=O)[O-])C(O)C(=O)[O-].O=C([O-])c1ccccn1.O=C([O-])c1ccccn1.O=C([O-])c1ccccn1.[Cr+3].[Cr+3].[Cr+3].[Cr+3]. The Hall–Kier alpha value is -7.02. The average molecular weight is 1190 g/mol. The van der Waals surface area contributed by atoms with Crippen LogP contribution >= 0.6 is 0 Å². The zero-order chi connectivity index (χ0) is 54.6. The van der Waals surface area contributed by atoms with E-state index in [9.17, 15) is 119 Å². The minimum atomic E-state index is -3.46. The molecule has 4 radical (unpaired) electrons. The van der Waals surface area contributed by atoms with Crippen molar-refractivity contribution in [3.8, 4) is 0 Å². The molecule has 3 heterocycles. The fraction of sp³-hybridized carbons (Fsp3) is 0.250. The zero-order valence-corrected chi connectivity index (χ0v) is 40.3. The minimum absolute atomic E-state index is 0. The average Bonchev–Trinajstić information content (AvgIpc) is 3.26. The molecule has 0 aromatic carbocycles. The largest absolute Gasteiger partial charge is 3.00 e. The Kier molecular flexibility index (Phi) is 42.4. The number of aromatic nitrogens is 3. The van der Waals surface area contributed by atoms with Crippen LogP contribution in [0, 0.1) is 0 Å². The Morgan fingerprint density at radius 2 is 0.548 bits per heavy atom. The third-order valence-electron chi connectivity index (χ3n) is 6.95. The van der Waals surface area contributed by atoms with Crippen molar-refractivity contribution >= 4 is 71.6 Å².